The van der Waals surface area contributed by atoms with Gasteiger partial charge in [0.2, 0.25) is 17.7 Å². The largest absolute Gasteiger partial charge is 0.343 e. The Bertz CT molecular complexity index is 1060. The molecule has 0 saturated carbocycles. The molecule has 0 spiro atoms. The highest BCUT2D eigenvalue weighted by molar-refractivity contribution is 5.94. The SMILES string of the molecule is CC(=O)N1CCCC(C)C1.CCCC(=O)N1CC1.CN1CCCC1C(=O)N1CCC1.Cc1ccc(C(=O)N2CCCC2)cc1. The van der Waals surface area contributed by atoms with Crippen LogP contribution in [0.4, 0.5) is 0 Å². The van der Waals surface area contributed by atoms with Gasteiger partial charge >= 0.3 is 0 Å². The van der Waals surface area contributed by atoms with Gasteiger partial charge in [-0.3, -0.25) is 24.1 Å². The molecule has 4 amide bonds. The van der Waals surface area contributed by atoms with Crippen molar-refractivity contribution in [3.8, 4) is 0 Å². The highest BCUT2D eigenvalue weighted by Gasteiger charge is 2.33. The number of likely N-dealkylation sites (N-methyl/N-ethyl adjacent to an activating group) is 1. The number of carbonyl (C=O) groups is 4. The van der Waals surface area contributed by atoms with Gasteiger partial charge in [-0.25, -0.2) is 0 Å². The lowest BCUT2D eigenvalue weighted by atomic mass is 10.0. The molecule has 0 radical (unpaired) electrons. The standard InChI is InChI=1S/C12H15NO.C9H16N2O.C8H15NO.C6H11NO/c1-10-4-6-11(7-5-10)12(14)13-8-2-3-9-13;1-10-5-2-4-8(10)9(12)11-6-3-7-11;1-7-4-3-5-9(6-7)8(2)10;1-2-3-6(8)7-4-5-7/h4-7H,2-3,8-9H2,1H3;8H,2-7H2,1H3;7H,3-6H2,1-2H3;2-5H2,1H3. The Balaban J connectivity index is 0.000000164. The number of amides is 4. The van der Waals surface area contributed by atoms with Gasteiger partial charge in [0, 0.05) is 71.3 Å². The number of carbonyl (C=O) groups excluding carboxylic acids is 4. The first kappa shape index (κ1) is 35.5. The topological polar surface area (TPSA) is 84.2 Å². The first-order chi connectivity index (χ1) is 21.1. The summed E-state index contributed by atoms with van der Waals surface area (Å²) in [5, 5.41) is 0. The average Bonchev–Trinajstić information content (AvgIpc) is 3.51. The molecule has 0 aliphatic carbocycles. The first-order valence-corrected chi connectivity index (χ1v) is 17.0. The molecule has 0 aromatic heterocycles. The number of piperidine rings is 1. The van der Waals surface area contributed by atoms with Crippen molar-refractivity contribution >= 4 is 23.6 Å². The molecular formula is C35H57N5O4. The van der Waals surface area contributed by atoms with Crippen molar-refractivity contribution in [1.29, 1.82) is 0 Å². The van der Waals surface area contributed by atoms with Crippen molar-refractivity contribution in [2.75, 3.05) is 66.0 Å². The number of hydrogen-bond acceptors (Lipinski definition) is 5. The monoisotopic (exact) mass is 611 g/mol. The van der Waals surface area contributed by atoms with Gasteiger partial charge < -0.3 is 19.6 Å². The van der Waals surface area contributed by atoms with Crippen LogP contribution in [0.3, 0.4) is 0 Å². The second-order valence-electron chi connectivity index (χ2n) is 13.0. The molecule has 5 saturated heterocycles. The maximum absolute atomic E-state index is 11.9. The number of rotatable bonds is 4. The molecule has 44 heavy (non-hydrogen) atoms. The molecule has 0 bridgehead atoms. The third kappa shape index (κ3) is 11.5. The fraction of sp³-hybridized carbons (Fsp3) is 0.714. The van der Waals surface area contributed by atoms with Crippen LogP contribution in [0.2, 0.25) is 0 Å². The first-order valence-electron chi connectivity index (χ1n) is 17.0. The maximum atomic E-state index is 11.9. The van der Waals surface area contributed by atoms with Crippen LogP contribution in [0.5, 0.6) is 0 Å². The van der Waals surface area contributed by atoms with E-state index in [1.54, 1.807) is 6.92 Å². The molecular weight excluding hydrogens is 554 g/mol. The molecule has 5 heterocycles. The molecule has 2 atom stereocenters. The molecule has 246 valence electrons. The van der Waals surface area contributed by atoms with Crippen LogP contribution in [0.15, 0.2) is 24.3 Å². The normalized spacial score (nSPS) is 22.4. The summed E-state index contributed by atoms with van der Waals surface area (Å²) in [7, 11) is 2.05. The zero-order valence-corrected chi connectivity index (χ0v) is 28.1. The lowest BCUT2D eigenvalue weighted by Crippen LogP contribution is -2.50. The molecule has 0 N–H and O–H groups in total. The summed E-state index contributed by atoms with van der Waals surface area (Å²) in [5.74, 6) is 1.81. The van der Waals surface area contributed by atoms with Gasteiger partial charge in [0.25, 0.3) is 5.91 Å². The van der Waals surface area contributed by atoms with Crippen molar-refractivity contribution in [2.45, 2.75) is 91.5 Å². The summed E-state index contributed by atoms with van der Waals surface area (Å²) < 4.78 is 0. The van der Waals surface area contributed by atoms with Gasteiger partial charge in [-0.2, -0.15) is 0 Å². The van der Waals surface area contributed by atoms with E-state index in [2.05, 4.69) is 18.9 Å². The highest BCUT2D eigenvalue weighted by Crippen LogP contribution is 2.20. The Morgan fingerprint density at radius 1 is 0.727 bits per heavy atom. The summed E-state index contributed by atoms with van der Waals surface area (Å²) >= 11 is 0. The predicted molar refractivity (Wildman–Crippen MR) is 175 cm³/mol. The molecule has 5 aliphatic rings. The van der Waals surface area contributed by atoms with Crippen molar-refractivity contribution in [2.24, 2.45) is 5.92 Å². The summed E-state index contributed by atoms with van der Waals surface area (Å²) in [6, 6.07) is 8.00. The van der Waals surface area contributed by atoms with Gasteiger partial charge in [0.1, 0.15) is 0 Å². The number of hydrogen-bond donors (Lipinski definition) is 0. The van der Waals surface area contributed by atoms with Gasteiger partial charge in [-0.05, 0) is 89.9 Å². The van der Waals surface area contributed by atoms with E-state index in [4.69, 9.17) is 0 Å². The molecule has 5 aliphatic heterocycles. The van der Waals surface area contributed by atoms with Crippen LogP contribution in [0.25, 0.3) is 0 Å². The Morgan fingerprint density at radius 3 is 1.77 bits per heavy atom. The zero-order chi connectivity index (χ0) is 32.1. The number of aryl methyl sites for hydroxylation is 1. The van der Waals surface area contributed by atoms with Crippen LogP contribution in [0, 0.1) is 12.8 Å². The number of nitrogens with zero attached hydrogens (tertiary/aromatic N) is 5. The molecule has 5 fully saturated rings. The third-order valence-electron chi connectivity index (χ3n) is 9.03. The Kier molecular flexibility index (Phi) is 14.6. The van der Waals surface area contributed by atoms with Crippen LogP contribution in [-0.2, 0) is 14.4 Å². The Labute approximate surface area is 265 Å². The van der Waals surface area contributed by atoms with Crippen molar-refractivity contribution in [1.82, 2.24) is 24.5 Å². The summed E-state index contributed by atoms with van der Waals surface area (Å²) in [6.07, 6.45) is 9.92. The van der Waals surface area contributed by atoms with Gasteiger partial charge in [0.15, 0.2) is 0 Å². The predicted octanol–water partition coefficient (Wildman–Crippen LogP) is 4.44. The van der Waals surface area contributed by atoms with Crippen LogP contribution in [-0.4, -0.2) is 120 Å². The minimum absolute atomic E-state index is 0.183. The summed E-state index contributed by atoms with van der Waals surface area (Å²) in [5.41, 5.74) is 2.01. The van der Waals surface area contributed by atoms with E-state index in [-0.39, 0.29) is 17.9 Å². The lowest BCUT2D eigenvalue weighted by Gasteiger charge is -2.34. The fourth-order valence-corrected chi connectivity index (χ4v) is 5.92. The quantitative estimate of drug-likeness (QED) is 0.471. The average molecular weight is 612 g/mol. The second-order valence-corrected chi connectivity index (χ2v) is 13.0. The van der Waals surface area contributed by atoms with Gasteiger partial charge in [0.05, 0.1) is 6.04 Å². The lowest BCUT2D eigenvalue weighted by molar-refractivity contribution is -0.139. The van der Waals surface area contributed by atoms with E-state index in [9.17, 15) is 19.2 Å². The smallest absolute Gasteiger partial charge is 0.253 e. The number of benzene rings is 1. The summed E-state index contributed by atoms with van der Waals surface area (Å²) in [4.78, 5) is 55.1. The van der Waals surface area contributed by atoms with Crippen molar-refractivity contribution < 1.29 is 19.2 Å². The fourth-order valence-electron chi connectivity index (χ4n) is 5.92. The van der Waals surface area contributed by atoms with E-state index in [0.29, 0.717) is 17.7 Å². The van der Waals surface area contributed by atoms with E-state index < -0.39 is 0 Å². The zero-order valence-electron chi connectivity index (χ0n) is 28.1. The molecule has 1 aromatic carbocycles. The van der Waals surface area contributed by atoms with E-state index in [1.165, 1.54) is 31.2 Å². The van der Waals surface area contributed by atoms with E-state index >= 15 is 0 Å². The highest BCUT2D eigenvalue weighted by atomic mass is 16.2. The van der Waals surface area contributed by atoms with E-state index in [0.717, 1.165) is 96.6 Å². The molecule has 1 aromatic rings. The van der Waals surface area contributed by atoms with Crippen molar-refractivity contribution in [3.63, 3.8) is 0 Å². The van der Waals surface area contributed by atoms with Crippen LogP contribution in [0.1, 0.15) is 94.5 Å². The minimum atomic E-state index is 0.183. The molecule has 9 heteroatoms. The van der Waals surface area contributed by atoms with Crippen molar-refractivity contribution in [3.05, 3.63) is 35.4 Å². The molecule has 2 unspecified atom stereocenters. The van der Waals surface area contributed by atoms with E-state index in [1.807, 2.05) is 57.7 Å². The van der Waals surface area contributed by atoms with Crippen LogP contribution >= 0.6 is 0 Å². The molecule has 6 rings (SSSR count). The second kappa shape index (κ2) is 18.1. The molecule has 9 nitrogen and oxygen atoms in total. The third-order valence-corrected chi connectivity index (χ3v) is 9.03. The maximum Gasteiger partial charge on any atom is 0.253 e. The summed E-state index contributed by atoms with van der Waals surface area (Å²) in [6.45, 7) is 16.8. The number of likely N-dealkylation sites (tertiary alicyclic amines) is 4. The minimum Gasteiger partial charge on any atom is -0.343 e. The Hall–Kier alpha value is -2.94. The van der Waals surface area contributed by atoms with Crippen LogP contribution < -0.4 is 0 Å². The Morgan fingerprint density at radius 2 is 1.32 bits per heavy atom. The van der Waals surface area contributed by atoms with Gasteiger partial charge in [-0.1, -0.05) is 31.5 Å². The van der Waals surface area contributed by atoms with Gasteiger partial charge in [-0.15, -0.1) is 0 Å².